The first kappa shape index (κ1) is 25.4. The van der Waals surface area contributed by atoms with Crippen LogP contribution < -0.4 is 15.4 Å². The molecule has 10 heteroatoms. The van der Waals surface area contributed by atoms with E-state index < -0.39 is 10.0 Å². The Hall–Kier alpha value is -0.620. The molecule has 0 aromatic rings. The first-order valence-electron chi connectivity index (χ1n) is 9.13. The van der Waals surface area contributed by atoms with Crippen molar-refractivity contribution in [2.45, 2.75) is 39.5 Å². The van der Waals surface area contributed by atoms with Crippen molar-refractivity contribution in [2.75, 3.05) is 45.5 Å². The van der Waals surface area contributed by atoms with Gasteiger partial charge in [0.2, 0.25) is 15.9 Å². The molecule has 0 atom stereocenters. The largest absolute Gasteiger partial charge is 0.359 e. The summed E-state index contributed by atoms with van der Waals surface area (Å²) in [5.74, 6) is 1.51. The monoisotopic (exact) mass is 503 g/mol. The van der Waals surface area contributed by atoms with Crippen LogP contribution in [0.2, 0.25) is 0 Å². The summed E-state index contributed by atoms with van der Waals surface area (Å²) >= 11 is 0. The SMILES string of the molecule is CCNC(=NCCCNS(=O)(=O)CC)N1CCC(CC(=O)NC)CC1.I. The Morgan fingerprint density at radius 1 is 1.23 bits per heavy atom. The Labute approximate surface area is 175 Å². The number of carbonyl (C=O) groups is 1. The van der Waals surface area contributed by atoms with E-state index in [0.717, 1.165) is 38.4 Å². The van der Waals surface area contributed by atoms with E-state index in [1.54, 1.807) is 14.0 Å². The maximum Gasteiger partial charge on any atom is 0.220 e. The smallest absolute Gasteiger partial charge is 0.220 e. The van der Waals surface area contributed by atoms with E-state index in [1.165, 1.54) is 0 Å². The number of sulfonamides is 1. The number of likely N-dealkylation sites (tertiary alicyclic amines) is 1. The second-order valence-corrected chi connectivity index (χ2v) is 8.29. The lowest BCUT2D eigenvalue weighted by atomic mass is 9.93. The third kappa shape index (κ3) is 9.91. The van der Waals surface area contributed by atoms with Crippen LogP contribution >= 0.6 is 24.0 Å². The maximum absolute atomic E-state index is 11.5. The zero-order chi connectivity index (χ0) is 18.7. The van der Waals surface area contributed by atoms with Crippen molar-refractivity contribution in [3.05, 3.63) is 0 Å². The molecule has 0 spiro atoms. The summed E-state index contributed by atoms with van der Waals surface area (Å²) in [5.41, 5.74) is 0. The average Bonchev–Trinajstić information content (AvgIpc) is 2.61. The molecule has 0 radical (unpaired) electrons. The highest BCUT2D eigenvalue weighted by Gasteiger charge is 2.22. The molecule has 1 saturated heterocycles. The number of guanidine groups is 1. The molecule has 1 rings (SSSR count). The first-order valence-corrected chi connectivity index (χ1v) is 10.8. The molecule has 26 heavy (non-hydrogen) atoms. The lowest BCUT2D eigenvalue weighted by Crippen LogP contribution is -2.46. The molecule has 8 nitrogen and oxygen atoms in total. The minimum absolute atomic E-state index is 0. The topological polar surface area (TPSA) is 103 Å². The summed E-state index contributed by atoms with van der Waals surface area (Å²) in [6.45, 7) is 7.20. The third-order valence-electron chi connectivity index (χ3n) is 4.30. The van der Waals surface area contributed by atoms with Gasteiger partial charge in [0, 0.05) is 46.2 Å². The summed E-state index contributed by atoms with van der Waals surface area (Å²) in [7, 11) is -1.45. The van der Waals surface area contributed by atoms with Gasteiger partial charge in [0.05, 0.1) is 5.75 Å². The summed E-state index contributed by atoms with van der Waals surface area (Å²) < 4.78 is 25.3. The van der Waals surface area contributed by atoms with E-state index in [1.807, 2.05) is 6.92 Å². The Bertz CT molecular complexity index is 534. The van der Waals surface area contributed by atoms with Gasteiger partial charge in [-0.3, -0.25) is 9.79 Å². The van der Waals surface area contributed by atoms with Crippen LogP contribution in [0.5, 0.6) is 0 Å². The summed E-state index contributed by atoms with van der Waals surface area (Å²) in [6.07, 6.45) is 3.22. The minimum atomic E-state index is -3.13. The van der Waals surface area contributed by atoms with Gasteiger partial charge >= 0.3 is 0 Å². The molecule has 0 aromatic carbocycles. The molecule has 0 unspecified atom stereocenters. The molecule has 154 valence electrons. The second kappa shape index (κ2) is 13.5. The number of rotatable bonds is 9. The number of nitrogens with zero attached hydrogens (tertiary/aromatic N) is 2. The van der Waals surface area contributed by atoms with E-state index in [2.05, 4.69) is 25.2 Å². The Balaban J connectivity index is 0.00000625. The number of piperidine rings is 1. The Morgan fingerprint density at radius 3 is 2.42 bits per heavy atom. The van der Waals surface area contributed by atoms with Crippen molar-refractivity contribution < 1.29 is 13.2 Å². The number of nitrogens with one attached hydrogen (secondary N) is 3. The maximum atomic E-state index is 11.5. The molecule has 1 fully saturated rings. The van der Waals surface area contributed by atoms with Crippen molar-refractivity contribution in [2.24, 2.45) is 10.9 Å². The molecule has 0 aromatic heterocycles. The van der Waals surface area contributed by atoms with Gasteiger partial charge in [-0.2, -0.15) is 0 Å². The molecule has 3 N–H and O–H groups in total. The first-order chi connectivity index (χ1) is 11.9. The van der Waals surface area contributed by atoms with Crippen molar-refractivity contribution in [1.82, 2.24) is 20.3 Å². The number of amides is 1. The van der Waals surface area contributed by atoms with Crippen LogP contribution in [-0.4, -0.2) is 70.7 Å². The number of halogens is 1. The lowest BCUT2D eigenvalue weighted by molar-refractivity contribution is -0.121. The number of carbonyl (C=O) groups excluding carboxylic acids is 1. The minimum Gasteiger partial charge on any atom is -0.359 e. The van der Waals surface area contributed by atoms with Crippen molar-refractivity contribution >= 4 is 45.9 Å². The van der Waals surface area contributed by atoms with Gasteiger partial charge in [0.1, 0.15) is 0 Å². The number of hydrogen-bond acceptors (Lipinski definition) is 4. The number of hydrogen-bond donors (Lipinski definition) is 3. The van der Waals surface area contributed by atoms with E-state index >= 15 is 0 Å². The molecule has 0 saturated carbocycles. The molecule has 1 amide bonds. The fourth-order valence-corrected chi connectivity index (χ4v) is 3.39. The summed E-state index contributed by atoms with van der Waals surface area (Å²) in [6, 6.07) is 0. The third-order valence-corrected chi connectivity index (χ3v) is 5.70. The Kier molecular flexibility index (Phi) is 13.2. The van der Waals surface area contributed by atoms with Gasteiger partial charge in [-0.15, -0.1) is 24.0 Å². The Morgan fingerprint density at radius 2 is 1.88 bits per heavy atom. The standard InChI is InChI=1S/C16H33N5O3S.HI/c1-4-18-16(19-9-6-10-20-25(23,24)5-2)21-11-7-14(8-12-21)13-15(22)17-3;/h14,20H,4-13H2,1-3H3,(H,17,22)(H,18,19);1H. The fraction of sp³-hybridized carbons (Fsp3) is 0.875. The molecule has 0 bridgehead atoms. The number of aliphatic imine (C=N–C) groups is 1. The van der Waals surface area contributed by atoms with Crippen LogP contribution in [0.3, 0.4) is 0 Å². The average molecular weight is 503 g/mol. The van der Waals surface area contributed by atoms with Gasteiger partial charge in [-0.1, -0.05) is 0 Å². The second-order valence-electron chi connectivity index (χ2n) is 6.19. The molecular formula is C16H34IN5O3S. The van der Waals surface area contributed by atoms with Crippen LogP contribution in [0.15, 0.2) is 4.99 Å². The fourth-order valence-electron chi connectivity index (χ4n) is 2.73. The van der Waals surface area contributed by atoms with Crippen molar-refractivity contribution in [3.63, 3.8) is 0 Å². The van der Waals surface area contributed by atoms with Crippen LogP contribution in [0.25, 0.3) is 0 Å². The predicted molar refractivity (Wildman–Crippen MR) is 116 cm³/mol. The quantitative estimate of drug-likeness (QED) is 0.187. The van der Waals surface area contributed by atoms with E-state index in [9.17, 15) is 13.2 Å². The highest BCUT2D eigenvalue weighted by atomic mass is 127. The van der Waals surface area contributed by atoms with Gasteiger partial charge in [0.25, 0.3) is 0 Å². The van der Waals surface area contributed by atoms with Gasteiger partial charge in [-0.05, 0) is 39.0 Å². The molecule has 1 aliphatic heterocycles. The summed E-state index contributed by atoms with van der Waals surface area (Å²) in [5, 5.41) is 5.98. The van der Waals surface area contributed by atoms with Gasteiger partial charge < -0.3 is 15.5 Å². The normalized spacial score (nSPS) is 16.1. The van der Waals surface area contributed by atoms with Gasteiger partial charge in [-0.25, -0.2) is 13.1 Å². The van der Waals surface area contributed by atoms with Crippen LogP contribution in [0.1, 0.15) is 39.5 Å². The van der Waals surface area contributed by atoms with Gasteiger partial charge in [0.15, 0.2) is 5.96 Å². The van der Waals surface area contributed by atoms with Crippen LogP contribution in [-0.2, 0) is 14.8 Å². The highest BCUT2D eigenvalue weighted by Crippen LogP contribution is 2.20. The molecular weight excluding hydrogens is 469 g/mol. The zero-order valence-corrected chi connectivity index (χ0v) is 19.2. The van der Waals surface area contributed by atoms with Crippen molar-refractivity contribution in [1.29, 1.82) is 0 Å². The molecule has 1 aliphatic rings. The van der Waals surface area contributed by atoms with E-state index in [0.29, 0.717) is 31.8 Å². The molecule has 1 heterocycles. The van der Waals surface area contributed by atoms with Crippen LogP contribution in [0, 0.1) is 5.92 Å². The lowest BCUT2D eigenvalue weighted by Gasteiger charge is -2.34. The van der Waals surface area contributed by atoms with E-state index in [4.69, 9.17) is 0 Å². The zero-order valence-electron chi connectivity index (χ0n) is 16.1. The van der Waals surface area contributed by atoms with Crippen molar-refractivity contribution in [3.8, 4) is 0 Å². The summed E-state index contributed by atoms with van der Waals surface area (Å²) in [4.78, 5) is 18.3. The highest BCUT2D eigenvalue weighted by molar-refractivity contribution is 14.0. The molecule has 0 aliphatic carbocycles. The van der Waals surface area contributed by atoms with Crippen LogP contribution in [0.4, 0.5) is 0 Å². The van der Waals surface area contributed by atoms with E-state index in [-0.39, 0.29) is 35.6 Å². The predicted octanol–water partition coefficient (Wildman–Crippen LogP) is 0.747.